The third-order valence-corrected chi connectivity index (χ3v) is 4.51. The number of aromatic nitrogens is 2. The van der Waals surface area contributed by atoms with Gasteiger partial charge in [0.1, 0.15) is 0 Å². The van der Waals surface area contributed by atoms with E-state index in [4.69, 9.17) is 5.11 Å². The summed E-state index contributed by atoms with van der Waals surface area (Å²) in [5.74, 6) is -1.37. The van der Waals surface area contributed by atoms with Crippen LogP contribution < -0.4 is 5.32 Å². The highest BCUT2D eigenvalue weighted by molar-refractivity contribution is 5.80. The molecule has 6 nitrogen and oxygen atoms in total. The van der Waals surface area contributed by atoms with Gasteiger partial charge >= 0.3 is 5.97 Å². The van der Waals surface area contributed by atoms with E-state index in [1.54, 1.807) is 0 Å². The first-order valence-electron chi connectivity index (χ1n) is 8.35. The Balaban J connectivity index is 2.10. The van der Waals surface area contributed by atoms with Crippen LogP contribution in [0.4, 0.5) is 0 Å². The molecule has 2 aromatic rings. The van der Waals surface area contributed by atoms with Crippen LogP contribution in [-0.4, -0.2) is 26.8 Å². The molecule has 2 atom stereocenters. The number of aliphatic carboxylic acids is 1. The molecule has 0 fully saturated rings. The van der Waals surface area contributed by atoms with Gasteiger partial charge < -0.3 is 10.4 Å². The molecule has 1 aromatic heterocycles. The second kappa shape index (κ2) is 7.96. The number of hydrogen-bond donors (Lipinski definition) is 2. The van der Waals surface area contributed by atoms with Gasteiger partial charge in [-0.3, -0.25) is 14.3 Å². The van der Waals surface area contributed by atoms with Crippen LogP contribution in [-0.2, 0) is 23.1 Å². The lowest BCUT2D eigenvalue weighted by atomic mass is 9.97. The maximum atomic E-state index is 12.6. The van der Waals surface area contributed by atoms with E-state index >= 15 is 0 Å². The average molecular weight is 343 g/mol. The third kappa shape index (κ3) is 4.68. The fourth-order valence-electron chi connectivity index (χ4n) is 2.94. The lowest BCUT2D eigenvalue weighted by Crippen LogP contribution is -2.35. The number of hydrogen-bond acceptors (Lipinski definition) is 3. The largest absolute Gasteiger partial charge is 0.481 e. The lowest BCUT2D eigenvalue weighted by Gasteiger charge is -2.20. The molecule has 0 aliphatic heterocycles. The second-order valence-corrected chi connectivity index (χ2v) is 6.45. The van der Waals surface area contributed by atoms with E-state index in [0.29, 0.717) is 6.42 Å². The molecule has 1 aromatic carbocycles. The normalized spacial score (nSPS) is 13.3. The highest BCUT2D eigenvalue weighted by Gasteiger charge is 2.23. The van der Waals surface area contributed by atoms with Gasteiger partial charge in [0.2, 0.25) is 5.91 Å². The Hall–Kier alpha value is -2.63. The van der Waals surface area contributed by atoms with Crippen LogP contribution in [0.15, 0.2) is 30.3 Å². The van der Waals surface area contributed by atoms with Gasteiger partial charge in [0.15, 0.2) is 0 Å². The van der Waals surface area contributed by atoms with Gasteiger partial charge in [-0.25, -0.2) is 0 Å². The number of nitrogens with zero attached hydrogens (tertiary/aromatic N) is 2. The number of nitrogens with one attached hydrogen (secondary N) is 1. The summed E-state index contributed by atoms with van der Waals surface area (Å²) in [5.41, 5.74) is 3.82. The van der Waals surface area contributed by atoms with E-state index < -0.39 is 12.0 Å². The van der Waals surface area contributed by atoms with E-state index in [-0.39, 0.29) is 18.2 Å². The van der Waals surface area contributed by atoms with Crippen molar-refractivity contribution in [2.24, 2.45) is 13.0 Å². The Labute approximate surface area is 147 Å². The third-order valence-electron chi connectivity index (χ3n) is 4.51. The van der Waals surface area contributed by atoms with Crippen LogP contribution in [0, 0.1) is 19.8 Å². The molecule has 2 rings (SSSR count). The zero-order valence-corrected chi connectivity index (χ0v) is 15.1. The number of carbonyl (C=O) groups is 2. The molecule has 0 unspecified atom stereocenters. The quantitative estimate of drug-likeness (QED) is 0.809. The van der Waals surface area contributed by atoms with Gasteiger partial charge in [0.25, 0.3) is 0 Å². The first kappa shape index (κ1) is 18.7. The van der Waals surface area contributed by atoms with Crippen molar-refractivity contribution in [2.75, 3.05) is 0 Å². The van der Waals surface area contributed by atoms with Gasteiger partial charge in [-0.15, -0.1) is 0 Å². The number of carboxylic acid groups (broad SMARTS) is 1. The SMILES string of the molecule is Cc1nn(C)c(C)c1C[C@H](C)C(=O)N[C@@H](CC(=O)O)c1ccccc1. The van der Waals surface area contributed by atoms with Crippen molar-refractivity contribution in [3.63, 3.8) is 0 Å². The summed E-state index contributed by atoms with van der Waals surface area (Å²) in [6, 6.07) is 8.65. The Morgan fingerprint density at radius 3 is 2.40 bits per heavy atom. The Morgan fingerprint density at radius 2 is 1.88 bits per heavy atom. The molecule has 25 heavy (non-hydrogen) atoms. The molecule has 0 aliphatic rings. The van der Waals surface area contributed by atoms with E-state index in [1.807, 2.05) is 62.8 Å². The molecule has 0 spiro atoms. The van der Waals surface area contributed by atoms with Crippen molar-refractivity contribution in [2.45, 2.75) is 39.7 Å². The molecule has 134 valence electrons. The van der Waals surface area contributed by atoms with Crippen molar-refractivity contribution in [1.82, 2.24) is 15.1 Å². The van der Waals surface area contributed by atoms with Crippen LogP contribution in [0.1, 0.15) is 41.9 Å². The van der Waals surface area contributed by atoms with Gasteiger partial charge in [-0.2, -0.15) is 5.10 Å². The van der Waals surface area contributed by atoms with Crippen LogP contribution in [0.3, 0.4) is 0 Å². The number of benzene rings is 1. The van der Waals surface area contributed by atoms with Gasteiger partial charge in [-0.05, 0) is 31.4 Å². The molecular formula is C19H25N3O3. The van der Waals surface area contributed by atoms with Gasteiger partial charge in [-0.1, -0.05) is 37.3 Å². The fourth-order valence-corrected chi connectivity index (χ4v) is 2.94. The number of aryl methyl sites for hydroxylation is 2. The first-order valence-corrected chi connectivity index (χ1v) is 8.35. The number of amides is 1. The maximum absolute atomic E-state index is 12.6. The Kier molecular flexibility index (Phi) is 5.96. The fraction of sp³-hybridized carbons (Fsp3) is 0.421. The predicted molar refractivity (Wildman–Crippen MR) is 95.1 cm³/mol. The summed E-state index contributed by atoms with van der Waals surface area (Å²) in [6.07, 6.45) is 0.430. The highest BCUT2D eigenvalue weighted by Crippen LogP contribution is 2.20. The molecule has 0 bridgehead atoms. The van der Waals surface area contributed by atoms with E-state index in [1.165, 1.54) is 0 Å². The molecule has 6 heteroatoms. The summed E-state index contributed by atoms with van der Waals surface area (Å²) >= 11 is 0. The number of rotatable bonds is 7. The van der Waals surface area contributed by atoms with Crippen molar-refractivity contribution >= 4 is 11.9 Å². The highest BCUT2D eigenvalue weighted by atomic mass is 16.4. The topological polar surface area (TPSA) is 84.2 Å². The van der Waals surface area contributed by atoms with Crippen molar-refractivity contribution in [1.29, 1.82) is 0 Å². The summed E-state index contributed by atoms with van der Waals surface area (Å²) < 4.78 is 1.81. The summed E-state index contributed by atoms with van der Waals surface area (Å²) in [5, 5.41) is 16.4. The van der Waals surface area contributed by atoms with Crippen molar-refractivity contribution < 1.29 is 14.7 Å². The molecule has 1 heterocycles. The van der Waals surface area contributed by atoms with Crippen LogP contribution in [0.25, 0.3) is 0 Å². The standard InChI is InChI=1S/C19H25N3O3/c1-12(10-16-13(2)21-22(4)14(16)3)19(25)20-17(11-18(23)24)15-8-6-5-7-9-15/h5-9,12,17H,10-11H2,1-4H3,(H,20,25)(H,23,24)/t12-,17-/m0/s1. The smallest absolute Gasteiger partial charge is 0.305 e. The minimum atomic E-state index is -0.944. The number of carboxylic acids is 1. The second-order valence-electron chi connectivity index (χ2n) is 6.45. The van der Waals surface area contributed by atoms with Crippen molar-refractivity contribution in [3.8, 4) is 0 Å². The van der Waals surface area contributed by atoms with Gasteiger partial charge in [0, 0.05) is 18.7 Å². The zero-order chi connectivity index (χ0) is 18.6. The monoisotopic (exact) mass is 343 g/mol. The lowest BCUT2D eigenvalue weighted by molar-refractivity contribution is -0.137. The summed E-state index contributed by atoms with van der Waals surface area (Å²) in [6.45, 7) is 5.77. The predicted octanol–water partition coefficient (Wildman–Crippen LogP) is 2.55. The van der Waals surface area contributed by atoms with E-state index in [0.717, 1.165) is 22.5 Å². The molecule has 0 radical (unpaired) electrons. The first-order chi connectivity index (χ1) is 11.8. The maximum Gasteiger partial charge on any atom is 0.305 e. The minimum absolute atomic E-state index is 0.145. The molecule has 2 N–H and O–H groups in total. The molecule has 0 aliphatic carbocycles. The van der Waals surface area contributed by atoms with E-state index in [2.05, 4.69) is 10.4 Å². The molecule has 0 saturated heterocycles. The van der Waals surface area contributed by atoms with Crippen LogP contribution >= 0.6 is 0 Å². The average Bonchev–Trinajstić information content (AvgIpc) is 2.80. The molecule has 1 amide bonds. The molecular weight excluding hydrogens is 318 g/mol. The summed E-state index contributed by atoms with van der Waals surface area (Å²) in [7, 11) is 1.88. The van der Waals surface area contributed by atoms with E-state index in [9.17, 15) is 9.59 Å². The van der Waals surface area contributed by atoms with Crippen LogP contribution in [0.2, 0.25) is 0 Å². The van der Waals surface area contributed by atoms with Gasteiger partial charge in [0.05, 0.1) is 18.2 Å². The zero-order valence-electron chi connectivity index (χ0n) is 15.1. The van der Waals surface area contributed by atoms with Crippen molar-refractivity contribution in [3.05, 3.63) is 52.8 Å². The Morgan fingerprint density at radius 1 is 1.24 bits per heavy atom. The minimum Gasteiger partial charge on any atom is -0.481 e. The summed E-state index contributed by atoms with van der Waals surface area (Å²) in [4.78, 5) is 23.8. The van der Waals surface area contributed by atoms with Crippen LogP contribution in [0.5, 0.6) is 0 Å². The number of carbonyl (C=O) groups excluding carboxylic acids is 1. The molecule has 0 saturated carbocycles. The Bertz CT molecular complexity index is 753.